The van der Waals surface area contributed by atoms with Gasteiger partial charge in [0, 0.05) is 0 Å². The van der Waals surface area contributed by atoms with E-state index in [4.69, 9.17) is 0 Å². The number of phenols is 1. The second-order valence-corrected chi connectivity index (χ2v) is 8.28. The first kappa shape index (κ1) is 19.3. The van der Waals surface area contributed by atoms with Crippen LogP contribution in [0.2, 0.25) is 0 Å². The standard InChI is InChI=1S/C20H30O3/c1-8-9-13(12-17(21)22)14-10-15(19(2,3)4)18(23)16(11-14)20(5,6)7/h8,10-11,13,23H,1,9,12H2,2-7H3,(H,21,22). The fourth-order valence-electron chi connectivity index (χ4n) is 2.79. The molecule has 1 aromatic carbocycles. The molecular formula is C20H30O3. The van der Waals surface area contributed by atoms with Gasteiger partial charge in [-0.3, -0.25) is 4.79 Å². The Morgan fingerprint density at radius 2 is 1.57 bits per heavy atom. The van der Waals surface area contributed by atoms with Gasteiger partial charge in [-0.25, -0.2) is 0 Å². The van der Waals surface area contributed by atoms with Crippen LogP contribution in [0.1, 0.15) is 77.0 Å². The molecule has 1 atom stereocenters. The van der Waals surface area contributed by atoms with E-state index < -0.39 is 5.97 Å². The Kier molecular flexibility index (Phi) is 5.68. The largest absolute Gasteiger partial charge is 0.507 e. The molecule has 3 nitrogen and oxygen atoms in total. The maximum Gasteiger partial charge on any atom is 0.303 e. The van der Waals surface area contributed by atoms with E-state index in [-0.39, 0.29) is 23.2 Å². The summed E-state index contributed by atoms with van der Waals surface area (Å²) in [5, 5.41) is 19.9. The van der Waals surface area contributed by atoms with E-state index in [0.29, 0.717) is 12.2 Å². The Balaban J connectivity index is 3.59. The molecule has 0 heterocycles. The van der Waals surface area contributed by atoms with Gasteiger partial charge in [-0.05, 0) is 39.9 Å². The summed E-state index contributed by atoms with van der Waals surface area (Å²) in [5.74, 6) is -0.631. The number of carboxylic acids is 1. The van der Waals surface area contributed by atoms with Crippen molar-refractivity contribution in [2.75, 3.05) is 0 Å². The number of carboxylic acid groups (broad SMARTS) is 1. The highest BCUT2D eigenvalue weighted by Crippen LogP contribution is 2.42. The van der Waals surface area contributed by atoms with Gasteiger partial charge in [0.1, 0.15) is 5.75 Å². The SMILES string of the molecule is C=CCC(CC(=O)O)c1cc(C(C)(C)C)c(O)c(C(C)(C)C)c1. The van der Waals surface area contributed by atoms with Crippen LogP contribution >= 0.6 is 0 Å². The van der Waals surface area contributed by atoms with Crippen LogP contribution in [0.3, 0.4) is 0 Å². The molecule has 0 aliphatic carbocycles. The summed E-state index contributed by atoms with van der Waals surface area (Å²) in [7, 11) is 0. The highest BCUT2D eigenvalue weighted by atomic mass is 16.4. The van der Waals surface area contributed by atoms with E-state index in [9.17, 15) is 15.0 Å². The molecule has 1 rings (SSSR count). The van der Waals surface area contributed by atoms with E-state index in [2.05, 4.69) is 48.1 Å². The Bertz CT molecular complexity index is 551. The number of phenolic OH excluding ortho intramolecular Hbond substituents is 1. The van der Waals surface area contributed by atoms with Crippen LogP contribution in [-0.2, 0) is 15.6 Å². The van der Waals surface area contributed by atoms with Gasteiger partial charge in [-0.15, -0.1) is 6.58 Å². The molecule has 0 saturated heterocycles. The summed E-state index contributed by atoms with van der Waals surface area (Å²) in [6, 6.07) is 3.92. The second kappa shape index (κ2) is 6.77. The van der Waals surface area contributed by atoms with Crippen molar-refractivity contribution in [3.8, 4) is 5.75 Å². The zero-order valence-corrected chi connectivity index (χ0v) is 15.2. The third-order valence-electron chi connectivity index (χ3n) is 4.09. The Morgan fingerprint density at radius 3 is 1.87 bits per heavy atom. The fourth-order valence-corrected chi connectivity index (χ4v) is 2.79. The fraction of sp³-hybridized carbons (Fsp3) is 0.550. The zero-order chi connectivity index (χ0) is 18.0. The maximum atomic E-state index is 11.2. The van der Waals surface area contributed by atoms with Gasteiger partial charge in [0.2, 0.25) is 0 Å². The lowest BCUT2D eigenvalue weighted by molar-refractivity contribution is -0.137. The van der Waals surface area contributed by atoms with Crippen molar-refractivity contribution in [1.82, 2.24) is 0 Å². The normalized spacial score (nSPS) is 13.7. The smallest absolute Gasteiger partial charge is 0.303 e. The molecule has 0 bridgehead atoms. The number of benzene rings is 1. The average molecular weight is 318 g/mol. The van der Waals surface area contributed by atoms with Crippen molar-refractivity contribution in [3.63, 3.8) is 0 Å². The van der Waals surface area contributed by atoms with E-state index in [0.717, 1.165) is 16.7 Å². The first-order chi connectivity index (χ1) is 10.4. The molecule has 0 amide bonds. The minimum Gasteiger partial charge on any atom is -0.507 e. The van der Waals surface area contributed by atoms with E-state index >= 15 is 0 Å². The quantitative estimate of drug-likeness (QED) is 0.741. The maximum absolute atomic E-state index is 11.2. The minimum atomic E-state index is -0.820. The van der Waals surface area contributed by atoms with Crippen LogP contribution in [0.15, 0.2) is 24.8 Å². The summed E-state index contributed by atoms with van der Waals surface area (Å²) in [6.07, 6.45) is 2.42. The predicted molar refractivity (Wildman–Crippen MR) is 95.3 cm³/mol. The number of allylic oxidation sites excluding steroid dienone is 1. The third-order valence-corrected chi connectivity index (χ3v) is 4.09. The Labute approximate surface area is 140 Å². The van der Waals surface area contributed by atoms with E-state index in [1.54, 1.807) is 6.08 Å². The van der Waals surface area contributed by atoms with Gasteiger partial charge in [0.05, 0.1) is 6.42 Å². The number of hydrogen-bond donors (Lipinski definition) is 2. The molecule has 1 aromatic rings. The van der Waals surface area contributed by atoms with E-state index in [1.165, 1.54) is 0 Å². The van der Waals surface area contributed by atoms with Gasteiger partial charge < -0.3 is 10.2 Å². The molecule has 0 spiro atoms. The molecule has 1 unspecified atom stereocenters. The molecule has 3 heteroatoms. The van der Waals surface area contributed by atoms with Crippen LogP contribution in [0.4, 0.5) is 0 Å². The Morgan fingerprint density at radius 1 is 1.13 bits per heavy atom. The Hall–Kier alpha value is -1.77. The van der Waals surface area contributed by atoms with Crippen LogP contribution in [0.25, 0.3) is 0 Å². The van der Waals surface area contributed by atoms with Crippen molar-refractivity contribution in [2.24, 2.45) is 0 Å². The van der Waals surface area contributed by atoms with Crippen LogP contribution < -0.4 is 0 Å². The molecule has 2 N–H and O–H groups in total. The lowest BCUT2D eigenvalue weighted by Gasteiger charge is -2.29. The monoisotopic (exact) mass is 318 g/mol. The van der Waals surface area contributed by atoms with Crippen molar-refractivity contribution in [3.05, 3.63) is 41.5 Å². The van der Waals surface area contributed by atoms with Crippen LogP contribution in [-0.4, -0.2) is 16.2 Å². The molecule has 128 valence electrons. The highest BCUT2D eigenvalue weighted by molar-refractivity contribution is 5.68. The summed E-state index contributed by atoms with van der Waals surface area (Å²) in [5.41, 5.74) is 2.24. The summed E-state index contributed by atoms with van der Waals surface area (Å²) >= 11 is 0. The average Bonchev–Trinajstić information content (AvgIpc) is 2.35. The lowest BCUT2D eigenvalue weighted by atomic mass is 9.76. The third kappa shape index (κ3) is 4.85. The van der Waals surface area contributed by atoms with Crippen molar-refractivity contribution in [2.45, 2.75) is 71.1 Å². The zero-order valence-electron chi connectivity index (χ0n) is 15.2. The molecule has 0 aromatic heterocycles. The minimum absolute atomic E-state index is 0.0595. The molecule has 0 aliphatic heterocycles. The number of carbonyl (C=O) groups is 1. The first-order valence-electron chi connectivity index (χ1n) is 8.08. The summed E-state index contributed by atoms with van der Waals surface area (Å²) < 4.78 is 0. The van der Waals surface area contributed by atoms with Crippen molar-refractivity contribution < 1.29 is 15.0 Å². The predicted octanol–water partition coefficient (Wildman–Crippen LogP) is 5.12. The molecular weight excluding hydrogens is 288 g/mol. The molecule has 0 saturated carbocycles. The topological polar surface area (TPSA) is 57.5 Å². The van der Waals surface area contributed by atoms with E-state index in [1.807, 2.05) is 12.1 Å². The number of rotatable bonds is 5. The molecule has 0 fully saturated rings. The van der Waals surface area contributed by atoms with Gasteiger partial charge in [0.15, 0.2) is 0 Å². The first-order valence-corrected chi connectivity index (χ1v) is 8.08. The number of aliphatic carboxylic acids is 1. The van der Waals surface area contributed by atoms with Crippen LogP contribution in [0, 0.1) is 0 Å². The molecule has 0 aliphatic rings. The van der Waals surface area contributed by atoms with Crippen molar-refractivity contribution in [1.29, 1.82) is 0 Å². The summed E-state index contributed by atoms with van der Waals surface area (Å²) in [4.78, 5) is 11.2. The molecule has 23 heavy (non-hydrogen) atoms. The lowest BCUT2D eigenvalue weighted by Crippen LogP contribution is -2.19. The molecule has 0 radical (unpaired) electrons. The van der Waals surface area contributed by atoms with Gasteiger partial charge >= 0.3 is 5.97 Å². The number of hydrogen-bond acceptors (Lipinski definition) is 2. The van der Waals surface area contributed by atoms with Gasteiger partial charge in [-0.2, -0.15) is 0 Å². The van der Waals surface area contributed by atoms with Crippen LogP contribution in [0.5, 0.6) is 5.75 Å². The van der Waals surface area contributed by atoms with Crippen molar-refractivity contribution >= 4 is 5.97 Å². The van der Waals surface area contributed by atoms with Gasteiger partial charge in [0.25, 0.3) is 0 Å². The second-order valence-electron chi connectivity index (χ2n) is 8.28. The number of aromatic hydroxyl groups is 1. The highest BCUT2D eigenvalue weighted by Gasteiger charge is 2.28. The van der Waals surface area contributed by atoms with Gasteiger partial charge in [-0.1, -0.05) is 59.8 Å². The summed E-state index contributed by atoms with van der Waals surface area (Å²) in [6.45, 7) is 16.1.